The largest absolute Gasteiger partial charge is 0.480 e. The molecule has 2 N–H and O–H groups in total. The molecule has 3 rings (SSSR count). The summed E-state index contributed by atoms with van der Waals surface area (Å²) in [6, 6.07) is 4.93. The summed E-state index contributed by atoms with van der Waals surface area (Å²) in [6.07, 6.45) is 3.20. The number of piperidine rings is 1. The Labute approximate surface area is 146 Å². The maximum absolute atomic E-state index is 12.9. The number of carboxylic acid groups (broad SMARTS) is 1. The van der Waals surface area contributed by atoms with Crippen LogP contribution in [0.25, 0.3) is 0 Å². The lowest BCUT2D eigenvalue weighted by molar-refractivity contribution is -0.141. The summed E-state index contributed by atoms with van der Waals surface area (Å²) in [4.78, 5) is 26.1. The van der Waals surface area contributed by atoms with E-state index in [1.54, 1.807) is 0 Å². The molecule has 2 aliphatic rings. The number of carboxylic acids is 1. The maximum atomic E-state index is 12.9. The zero-order valence-electron chi connectivity index (χ0n) is 14.1. The molecular weight excluding hydrogens is 344 g/mol. The number of amides is 1. The number of carbonyl (C=O) groups is 2. The Morgan fingerprint density at radius 2 is 1.96 bits per heavy atom. The Balaban J connectivity index is 1.91. The summed E-state index contributed by atoms with van der Waals surface area (Å²) in [7, 11) is -3.43. The number of aliphatic carboxylic acids is 1. The van der Waals surface area contributed by atoms with Crippen molar-refractivity contribution >= 4 is 21.7 Å². The van der Waals surface area contributed by atoms with Gasteiger partial charge in [-0.1, -0.05) is 6.07 Å². The van der Waals surface area contributed by atoms with Gasteiger partial charge in [0, 0.05) is 18.4 Å². The van der Waals surface area contributed by atoms with Gasteiger partial charge in [-0.3, -0.25) is 4.79 Å². The van der Waals surface area contributed by atoms with Crippen molar-refractivity contribution in [1.29, 1.82) is 0 Å². The molecule has 0 aromatic heterocycles. The molecule has 136 valence electrons. The molecule has 1 unspecified atom stereocenters. The first-order valence-corrected chi connectivity index (χ1v) is 10.2. The Bertz CT molecular complexity index is 799. The van der Waals surface area contributed by atoms with Gasteiger partial charge in [0.05, 0.1) is 4.90 Å². The van der Waals surface area contributed by atoms with Gasteiger partial charge in [-0.05, 0) is 56.0 Å². The molecule has 1 atom stereocenters. The van der Waals surface area contributed by atoms with Crippen molar-refractivity contribution in [2.75, 3.05) is 25.9 Å². The topological polar surface area (TPSA) is 104 Å². The zero-order valence-corrected chi connectivity index (χ0v) is 14.9. The van der Waals surface area contributed by atoms with Crippen LogP contribution in [0, 0.1) is 5.41 Å². The van der Waals surface area contributed by atoms with E-state index in [2.05, 4.69) is 5.32 Å². The van der Waals surface area contributed by atoms with Crippen molar-refractivity contribution in [3.05, 3.63) is 29.8 Å². The van der Waals surface area contributed by atoms with Crippen LogP contribution in [0.4, 0.5) is 0 Å². The number of sulfone groups is 1. The average molecular weight is 366 g/mol. The summed E-state index contributed by atoms with van der Waals surface area (Å²) < 4.78 is 23.4. The van der Waals surface area contributed by atoms with Crippen molar-refractivity contribution < 1.29 is 23.1 Å². The second-order valence-electron chi connectivity index (χ2n) is 7.04. The normalized spacial score (nSPS) is 22.9. The third-order valence-corrected chi connectivity index (χ3v) is 6.34. The monoisotopic (exact) mass is 366 g/mol. The van der Waals surface area contributed by atoms with Crippen LogP contribution in [0.5, 0.6) is 0 Å². The fourth-order valence-corrected chi connectivity index (χ4v) is 4.50. The third kappa shape index (κ3) is 3.55. The summed E-state index contributed by atoms with van der Waals surface area (Å²) in [5, 5.41) is 12.8. The Kier molecular flexibility index (Phi) is 4.59. The molecule has 1 amide bonds. The number of hydrogen-bond donors (Lipinski definition) is 2. The number of rotatable bonds is 3. The predicted octanol–water partition coefficient (Wildman–Crippen LogP) is 0.759. The number of carbonyl (C=O) groups excluding carboxylic acids is 1. The molecule has 0 bridgehead atoms. The maximum Gasteiger partial charge on any atom is 0.326 e. The van der Waals surface area contributed by atoms with Crippen LogP contribution in [0.2, 0.25) is 0 Å². The highest BCUT2D eigenvalue weighted by Crippen LogP contribution is 2.42. The van der Waals surface area contributed by atoms with Gasteiger partial charge in [-0.2, -0.15) is 0 Å². The van der Waals surface area contributed by atoms with Crippen LogP contribution in [0.3, 0.4) is 0 Å². The lowest BCUT2D eigenvalue weighted by atomic mass is 9.77. The lowest BCUT2D eigenvalue weighted by Gasteiger charge is -2.33. The van der Waals surface area contributed by atoms with E-state index in [9.17, 15) is 23.1 Å². The second kappa shape index (κ2) is 6.42. The molecule has 25 heavy (non-hydrogen) atoms. The van der Waals surface area contributed by atoms with Crippen molar-refractivity contribution in [1.82, 2.24) is 10.2 Å². The van der Waals surface area contributed by atoms with Crippen molar-refractivity contribution in [3.8, 4) is 0 Å². The minimum atomic E-state index is -3.43. The second-order valence-corrected chi connectivity index (χ2v) is 9.06. The Hall–Kier alpha value is -1.93. The highest BCUT2D eigenvalue weighted by atomic mass is 32.2. The predicted molar refractivity (Wildman–Crippen MR) is 91.2 cm³/mol. The first kappa shape index (κ1) is 17.9. The van der Waals surface area contributed by atoms with E-state index in [-0.39, 0.29) is 15.9 Å². The first-order valence-electron chi connectivity index (χ1n) is 8.27. The molecule has 2 heterocycles. The van der Waals surface area contributed by atoms with Crippen molar-refractivity contribution in [2.45, 2.75) is 30.2 Å². The number of nitrogens with one attached hydrogen (secondary N) is 1. The van der Waals surface area contributed by atoms with E-state index in [1.807, 2.05) is 0 Å². The highest BCUT2D eigenvalue weighted by Gasteiger charge is 2.49. The number of benzene rings is 1. The molecule has 1 aromatic rings. The number of hydrogen-bond acceptors (Lipinski definition) is 5. The van der Waals surface area contributed by atoms with Crippen LogP contribution < -0.4 is 5.32 Å². The van der Waals surface area contributed by atoms with Gasteiger partial charge in [0.15, 0.2) is 9.84 Å². The fourth-order valence-electron chi connectivity index (χ4n) is 3.84. The molecular formula is C17H22N2O5S. The van der Waals surface area contributed by atoms with Gasteiger partial charge < -0.3 is 15.3 Å². The zero-order chi connectivity index (χ0) is 18.2. The lowest BCUT2D eigenvalue weighted by Crippen LogP contribution is -2.42. The Morgan fingerprint density at radius 3 is 2.56 bits per heavy atom. The van der Waals surface area contributed by atoms with Crippen LogP contribution in [-0.4, -0.2) is 62.2 Å². The summed E-state index contributed by atoms with van der Waals surface area (Å²) in [5.41, 5.74) is 0.0402. The molecule has 0 radical (unpaired) electrons. The van der Waals surface area contributed by atoms with E-state index < -0.39 is 27.8 Å². The van der Waals surface area contributed by atoms with Crippen molar-refractivity contribution in [2.24, 2.45) is 5.41 Å². The van der Waals surface area contributed by atoms with Gasteiger partial charge in [-0.15, -0.1) is 0 Å². The van der Waals surface area contributed by atoms with Gasteiger partial charge in [0.2, 0.25) is 0 Å². The molecule has 1 aromatic carbocycles. The van der Waals surface area contributed by atoms with Crippen LogP contribution >= 0.6 is 0 Å². The summed E-state index contributed by atoms with van der Waals surface area (Å²) in [6.45, 7) is 2.03. The molecule has 0 aliphatic carbocycles. The van der Waals surface area contributed by atoms with Gasteiger partial charge >= 0.3 is 5.97 Å². The van der Waals surface area contributed by atoms with E-state index >= 15 is 0 Å². The smallest absolute Gasteiger partial charge is 0.326 e. The third-order valence-electron chi connectivity index (χ3n) is 5.23. The molecule has 8 heteroatoms. The van der Waals surface area contributed by atoms with E-state index in [1.165, 1.54) is 29.2 Å². The van der Waals surface area contributed by atoms with E-state index in [4.69, 9.17) is 0 Å². The van der Waals surface area contributed by atoms with E-state index in [0.29, 0.717) is 13.0 Å². The van der Waals surface area contributed by atoms with Gasteiger partial charge in [-0.25, -0.2) is 13.2 Å². The van der Waals surface area contributed by atoms with Crippen LogP contribution in [-0.2, 0) is 14.6 Å². The molecule has 2 fully saturated rings. The van der Waals surface area contributed by atoms with E-state index in [0.717, 1.165) is 32.2 Å². The highest BCUT2D eigenvalue weighted by molar-refractivity contribution is 7.90. The summed E-state index contributed by atoms with van der Waals surface area (Å²) in [5.74, 6) is -1.43. The number of nitrogens with zero attached hydrogens (tertiary/aromatic N) is 1. The van der Waals surface area contributed by atoms with Crippen LogP contribution in [0.1, 0.15) is 29.6 Å². The summed E-state index contributed by atoms with van der Waals surface area (Å²) >= 11 is 0. The van der Waals surface area contributed by atoms with Crippen molar-refractivity contribution in [3.63, 3.8) is 0 Å². The standard InChI is InChI=1S/C17H22N2O5S/c1-25(23,24)13-4-2-3-12(9-13)15(20)19-11-17(5-7-18-8-6-17)10-14(19)16(21)22/h2-4,9,14,18H,5-8,10-11H2,1H3,(H,21,22). The first-order chi connectivity index (χ1) is 11.7. The molecule has 0 saturated carbocycles. The van der Waals surface area contributed by atoms with Crippen LogP contribution in [0.15, 0.2) is 29.2 Å². The molecule has 2 aliphatic heterocycles. The molecule has 1 spiro atoms. The Morgan fingerprint density at radius 1 is 1.28 bits per heavy atom. The molecule has 7 nitrogen and oxygen atoms in total. The minimum Gasteiger partial charge on any atom is -0.480 e. The van der Waals surface area contributed by atoms with Gasteiger partial charge in [0.25, 0.3) is 5.91 Å². The number of likely N-dealkylation sites (tertiary alicyclic amines) is 1. The average Bonchev–Trinajstić information content (AvgIpc) is 2.93. The SMILES string of the molecule is CS(=O)(=O)c1cccc(C(=O)N2CC3(CCNCC3)CC2C(=O)O)c1. The minimum absolute atomic E-state index is 0.0565. The molecule has 2 saturated heterocycles. The fraction of sp³-hybridized carbons (Fsp3) is 0.529. The quantitative estimate of drug-likeness (QED) is 0.818. The van der Waals surface area contributed by atoms with Gasteiger partial charge in [0.1, 0.15) is 6.04 Å².